The molecule has 2 aromatic rings. The second-order valence-electron chi connectivity index (χ2n) is 6.08. The number of methoxy groups -OCH3 is 1. The highest BCUT2D eigenvalue weighted by atomic mass is 32.2. The number of phenols is 1. The molecule has 2 aromatic carbocycles. The summed E-state index contributed by atoms with van der Waals surface area (Å²) in [4.78, 5) is 15.0. The van der Waals surface area contributed by atoms with Crippen molar-refractivity contribution in [1.82, 2.24) is 0 Å². The lowest BCUT2D eigenvalue weighted by atomic mass is 10.1. The van der Waals surface area contributed by atoms with Crippen molar-refractivity contribution in [3.05, 3.63) is 70.6 Å². The Morgan fingerprint density at radius 3 is 2.63 bits per heavy atom. The van der Waals surface area contributed by atoms with Gasteiger partial charge in [-0.2, -0.15) is 0 Å². The number of aryl methyl sites for hydroxylation is 1. The Kier molecular flexibility index (Phi) is 5.68. The molecule has 0 aromatic heterocycles. The minimum atomic E-state index is -0.161. The number of thioether (sulfide) groups is 1. The number of carbonyl (C=O) groups is 1. The smallest absolute Gasteiger partial charge is 0.270 e. The summed E-state index contributed by atoms with van der Waals surface area (Å²) in [6, 6.07) is 11.2. The monoisotopic (exact) mass is 397 g/mol. The molecule has 138 valence electrons. The van der Waals surface area contributed by atoms with E-state index in [0.29, 0.717) is 27.0 Å². The molecule has 0 radical (unpaired) electrons. The molecule has 0 atom stereocenters. The summed E-state index contributed by atoms with van der Waals surface area (Å²) < 4.78 is 5.74. The normalized spacial score (nSPS) is 15.5. The van der Waals surface area contributed by atoms with E-state index >= 15 is 0 Å². The first kappa shape index (κ1) is 19.2. The van der Waals surface area contributed by atoms with E-state index in [9.17, 15) is 9.90 Å². The number of allylic oxidation sites excluding steroid dienone is 1. The van der Waals surface area contributed by atoms with Crippen LogP contribution in [0.1, 0.15) is 16.7 Å². The highest BCUT2D eigenvalue weighted by molar-refractivity contribution is 8.27. The fourth-order valence-corrected chi connectivity index (χ4v) is 4.07. The summed E-state index contributed by atoms with van der Waals surface area (Å²) in [5.74, 6) is 0.280. The molecule has 1 fully saturated rings. The molecule has 1 N–H and O–H groups in total. The number of hydrogen-bond donors (Lipinski definition) is 1. The zero-order valence-corrected chi connectivity index (χ0v) is 16.7. The third-order valence-electron chi connectivity index (χ3n) is 4.14. The van der Waals surface area contributed by atoms with Gasteiger partial charge in [0.15, 0.2) is 15.8 Å². The first-order chi connectivity index (χ1) is 12.9. The summed E-state index contributed by atoms with van der Waals surface area (Å²) in [7, 11) is 1.49. The molecule has 27 heavy (non-hydrogen) atoms. The standard InChI is InChI=1S/C21H19NO3S2/c1-4-5-15-10-14(11-17(25-3)19(15)23)12-18-20(24)22(21(26)27-18)16-8-6-13(2)7-9-16/h4,6-12,23H,1,5H2,2-3H3/b18-12+. The molecule has 1 saturated heterocycles. The molecule has 0 unspecified atom stereocenters. The fraction of sp³-hybridized carbons (Fsp3) is 0.143. The van der Waals surface area contributed by atoms with E-state index in [2.05, 4.69) is 6.58 Å². The Hall–Kier alpha value is -2.57. The number of thiocarbonyl (C=S) groups is 1. The van der Waals surface area contributed by atoms with Crippen LogP contribution in [0.2, 0.25) is 0 Å². The van der Waals surface area contributed by atoms with Crippen LogP contribution in [0, 0.1) is 6.92 Å². The lowest BCUT2D eigenvalue weighted by Crippen LogP contribution is -2.27. The van der Waals surface area contributed by atoms with E-state index in [-0.39, 0.29) is 11.7 Å². The van der Waals surface area contributed by atoms with Crippen molar-refractivity contribution in [3.63, 3.8) is 0 Å². The number of anilines is 1. The molecule has 0 aliphatic carbocycles. The van der Waals surface area contributed by atoms with Crippen molar-refractivity contribution in [1.29, 1.82) is 0 Å². The fourth-order valence-electron chi connectivity index (χ4n) is 2.77. The van der Waals surface area contributed by atoms with Crippen molar-refractivity contribution >= 4 is 46.0 Å². The van der Waals surface area contributed by atoms with Gasteiger partial charge in [0.2, 0.25) is 0 Å². The number of carbonyl (C=O) groups excluding carboxylic acids is 1. The number of benzene rings is 2. The molecular formula is C21H19NO3S2. The molecule has 4 nitrogen and oxygen atoms in total. The molecule has 0 saturated carbocycles. The number of rotatable bonds is 5. The topological polar surface area (TPSA) is 49.8 Å². The minimum Gasteiger partial charge on any atom is -0.504 e. The van der Waals surface area contributed by atoms with Crippen LogP contribution in [0.4, 0.5) is 5.69 Å². The van der Waals surface area contributed by atoms with E-state index in [1.165, 1.54) is 23.8 Å². The van der Waals surface area contributed by atoms with Gasteiger partial charge in [-0.3, -0.25) is 9.69 Å². The van der Waals surface area contributed by atoms with Gasteiger partial charge < -0.3 is 9.84 Å². The van der Waals surface area contributed by atoms with Crippen molar-refractivity contribution < 1.29 is 14.6 Å². The Labute approximate surface area is 168 Å². The van der Waals surface area contributed by atoms with E-state index in [1.54, 1.807) is 18.2 Å². The number of phenolic OH excluding ortho intramolecular Hbond substituents is 1. The zero-order valence-electron chi connectivity index (χ0n) is 15.1. The van der Waals surface area contributed by atoms with Gasteiger partial charge in [0.05, 0.1) is 17.7 Å². The van der Waals surface area contributed by atoms with Crippen LogP contribution < -0.4 is 9.64 Å². The van der Waals surface area contributed by atoms with Gasteiger partial charge >= 0.3 is 0 Å². The minimum absolute atomic E-state index is 0.0850. The number of hydrogen-bond acceptors (Lipinski definition) is 5. The van der Waals surface area contributed by atoms with E-state index in [4.69, 9.17) is 17.0 Å². The SMILES string of the molecule is C=CCc1cc(/C=C2/SC(=S)N(c3ccc(C)cc3)C2=O)cc(OC)c1O. The zero-order chi connectivity index (χ0) is 19.6. The Balaban J connectivity index is 1.97. The quantitative estimate of drug-likeness (QED) is 0.444. The van der Waals surface area contributed by atoms with Gasteiger partial charge in [0, 0.05) is 5.56 Å². The third kappa shape index (κ3) is 3.91. The molecule has 6 heteroatoms. The average molecular weight is 398 g/mol. The van der Waals surface area contributed by atoms with Crippen molar-refractivity contribution in [2.75, 3.05) is 12.0 Å². The first-order valence-corrected chi connectivity index (χ1v) is 9.52. The van der Waals surface area contributed by atoms with Crippen LogP contribution in [0.5, 0.6) is 11.5 Å². The summed E-state index contributed by atoms with van der Waals surface area (Å²) >= 11 is 6.67. The van der Waals surface area contributed by atoms with Crippen LogP contribution in [0.3, 0.4) is 0 Å². The second-order valence-corrected chi connectivity index (χ2v) is 7.75. The van der Waals surface area contributed by atoms with Gasteiger partial charge in [-0.25, -0.2) is 0 Å². The number of nitrogens with zero attached hydrogens (tertiary/aromatic N) is 1. The number of aromatic hydroxyl groups is 1. The van der Waals surface area contributed by atoms with E-state index < -0.39 is 0 Å². The van der Waals surface area contributed by atoms with Crippen LogP contribution in [-0.4, -0.2) is 22.4 Å². The lowest BCUT2D eigenvalue weighted by molar-refractivity contribution is -0.113. The molecule has 3 rings (SSSR count). The number of ether oxygens (including phenoxy) is 1. The predicted octanol–water partition coefficient (Wildman–Crippen LogP) is 4.84. The lowest BCUT2D eigenvalue weighted by Gasteiger charge is -2.14. The van der Waals surface area contributed by atoms with Gasteiger partial charge in [-0.15, -0.1) is 6.58 Å². The van der Waals surface area contributed by atoms with Crippen LogP contribution >= 0.6 is 24.0 Å². The number of amides is 1. The summed E-state index contributed by atoms with van der Waals surface area (Å²) in [5.41, 5.74) is 3.31. The molecule has 1 aliphatic rings. The Morgan fingerprint density at radius 1 is 1.30 bits per heavy atom. The van der Waals surface area contributed by atoms with E-state index in [0.717, 1.165) is 16.8 Å². The molecule has 1 amide bonds. The predicted molar refractivity (Wildman–Crippen MR) is 115 cm³/mol. The average Bonchev–Trinajstić information content (AvgIpc) is 2.92. The summed E-state index contributed by atoms with van der Waals surface area (Å²) in [5, 5.41) is 10.2. The van der Waals surface area contributed by atoms with Crippen molar-refractivity contribution in [2.45, 2.75) is 13.3 Å². The van der Waals surface area contributed by atoms with Crippen molar-refractivity contribution in [3.8, 4) is 11.5 Å². The highest BCUT2D eigenvalue weighted by Crippen LogP contribution is 2.38. The summed E-state index contributed by atoms with van der Waals surface area (Å²) in [6.45, 7) is 5.70. The van der Waals surface area contributed by atoms with Crippen LogP contribution in [-0.2, 0) is 11.2 Å². The Morgan fingerprint density at radius 2 is 2.00 bits per heavy atom. The van der Waals surface area contributed by atoms with E-state index in [1.807, 2.05) is 37.3 Å². The van der Waals surface area contributed by atoms with Gasteiger partial charge in [0.1, 0.15) is 0 Å². The maximum absolute atomic E-state index is 12.9. The molecular weight excluding hydrogens is 378 g/mol. The second kappa shape index (κ2) is 7.98. The van der Waals surface area contributed by atoms with Crippen LogP contribution in [0.15, 0.2) is 54.0 Å². The van der Waals surface area contributed by atoms with Crippen LogP contribution in [0.25, 0.3) is 6.08 Å². The molecule has 1 heterocycles. The maximum Gasteiger partial charge on any atom is 0.270 e. The largest absolute Gasteiger partial charge is 0.504 e. The van der Waals surface area contributed by atoms with Gasteiger partial charge in [-0.1, -0.05) is 47.8 Å². The molecule has 0 bridgehead atoms. The van der Waals surface area contributed by atoms with Gasteiger partial charge in [0.25, 0.3) is 5.91 Å². The first-order valence-electron chi connectivity index (χ1n) is 8.30. The summed E-state index contributed by atoms with van der Waals surface area (Å²) in [6.07, 6.45) is 3.96. The molecule has 0 spiro atoms. The third-order valence-corrected chi connectivity index (χ3v) is 5.45. The molecule has 1 aliphatic heterocycles. The maximum atomic E-state index is 12.9. The van der Waals surface area contributed by atoms with Crippen molar-refractivity contribution in [2.24, 2.45) is 0 Å². The Bertz CT molecular complexity index is 949. The highest BCUT2D eigenvalue weighted by Gasteiger charge is 2.33. The van der Waals surface area contributed by atoms with Gasteiger partial charge in [-0.05, 0) is 49.2 Å².